The Bertz CT molecular complexity index is 815. The van der Waals surface area contributed by atoms with Gasteiger partial charge in [0.25, 0.3) is 0 Å². The van der Waals surface area contributed by atoms with Gasteiger partial charge in [0, 0.05) is 18.9 Å². The van der Waals surface area contributed by atoms with Crippen LogP contribution < -0.4 is 16.0 Å². The molecule has 1 aliphatic rings. The van der Waals surface area contributed by atoms with Gasteiger partial charge in [0.2, 0.25) is 11.8 Å². The van der Waals surface area contributed by atoms with Gasteiger partial charge in [-0.15, -0.1) is 0 Å². The molecule has 10 heteroatoms. The van der Waals surface area contributed by atoms with E-state index >= 15 is 0 Å². The molecule has 1 aliphatic carbocycles. The lowest BCUT2D eigenvalue weighted by Crippen LogP contribution is -2.55. The second kappa shape index (κ2) is 14.2. The number of hydrogen-bond donors (Lipinski definition) is 4. The van der Waals surface area contributed by atoms with Gasteiger partial charge in [-0.3, -0.25) is 14.3 Å². The Morgan fingerprint density at radius 3 is 2.42 bits per heavy atom. The summed E-state index contributed by atoms with van der Waals surface area (Å²) in [4.78, 5) is 38.3. The molecular formula is C26H45N5O5. The van der Waals surface area contributed by atoms with Crippen LogP contribution in [0.3, 0.4) is 0 Å². The monoisotopic (exact) mass is 507 g/mol. The number of aliphatic hydroxyl groups excluding tert-OH is 1. The number of amides is 3. The van der Waals surface area contributed by atoms with Crippen molar-refractivity contribution in [2.24, 2.45) is 11.8 Å². The fraction of sp³-hybridized carbons (Fsp3) is 0.769. The lowest BCUT2D eigenvalue weighted by Gasteiger charge is -2.31. The average molecular weight is 508 g/mol. The van der Waals surface area contributed by atoms with Gasteiger partial charge in [0.15, 0.2) is 0 Å². The van der Waals surface area contributed by atoms with E-state index in [0.29, 0.717) is 24.8 Å². The molecule has 10 nitrogen and oxygen atoms in total. The zero-order chi connectivity index (χ0) is 26.7. The number of hydrogen-bond acceptors (Lipinski definition) is 6. The molecule has 1 heterocycles. The van der Waals surface area contributed by atoms with E-state index < -0.39 is 35.8 Å². The molecule has 0 aromatic carbocycles. The third-order valence-electron chi connectivity index (χ3n) is 6.14. The highest BCUT2D eigenvalue weighted by Gasteiger charge is 2.31. The van der Waals surface area contributed by atoms with Crippen molar-refractivity contribution < 1.29 is 24.2 Å². The predicted molar refractivity (Wildman–Crippen MR) is 137 cm³/mol. The van der Waals surface area contributed by atoms with Crippen LogP contribution in [0.15, 0.2) is 18.5 Å². The fourth-order valence-corrected chi connectivity index (χ4v) is 4.34. The second-order valence-electron chi connectivity index (χ2n) is 11.3. The van der Waals surface area contributed by atoms with Crippen LogP contribution in [-0.2, 0) is 20.9 Å². The predicted octanol–water partition coefficient (Wildman–Crippen LogP) is 2.75. The summed E-state index contributed by atoms with van der Waals surface area (Å²) in [6, 6.07) is 0.134. The van der Waals surface area contributed by atoms with Crippen LogP contribution in [0, 0.1) is 11.8 Å². The van der Waals surface area contributed by atoms with Crippen molar-refractivity contribution in [2.45, 2.75) is 110 Å². The minimum atomic E-state index is -1.05. The second-order valence-corrected chi connectivity index (χ2v) is 11.3. The number of alkyl carbamates (subject to hydrolysis) is 1. The molecule has 1 aromatic rings. The van der Waals surface area contributed by atoms with Crippen LogP contribution in [-0.4, -0.2) is 63.1 Å². The van der Waals surface area contributed by atoms with Crippen LogP contribution in [0.5, 0.6) is 0 Å². The molecule has 0 spiro atoms. The number of nitrogens with one attached hydrogen (secondary N) is 3. The zero-order valence-corrected chi connectivity index (χ0v) is 22.5. The Morgan fingerprint density at radius 1 is 1.14 bits per heavy atom. The number of ether oxygens (including phenoxy) is 1. The van der Waals surface area contributed by atoms with Crippen molar-refractivity contribution in [1.82, 2.24) is 25.7 Å². The fourth-order valence-electron chi connectivity index (χ4n) is 4.34. The topological polar surface area (TPSA) is 135 Å². The van der Waals surface area contributed by atoms with Gasteiger partial charge in [-0.05, 0) is 45.1 Å². The largest absolute Gasteiger partial charge is 0.444 e. The Morgan fingerprint density at radius 2 is 1.83 bits per heavy atom. The minimum Gasteiger partial charge on any atom is -0.444 e. The van der Waals surface area contributed by atoms with Gasteiger partial charge < -0.3 is 25.8 Å². The van der Waals surface area contributed by atoms with Crippen LogP contribution in [0.25, 0.3) is 0 Å². The van der Waals surface area contributed by atoms with E-state index in [-0.39, 0.29) is 18.9 Å². The van der Waals surface area contributed by atoms with Gasteiger partial charge >= 0.3 is 6.09 Å². The maximum absolute atomic E-state index is 13.4. The highest BCUT2D eigenvalue weighted by atomic mass is 16.6. The van der Waals surface area contributed by atoms with E-state index in [1.807, 2.05) is 13.8 Å². The van der Waals surface area contributed by atoms with Crippen molar-refractivity contribution in [3.8, 4) is 0 Å². The van der Waals surface area contributed by atoms with E-state index in [4.69, 9.17) is 4.74 Å². The summed E-state index contributed by atoms with van der Waals surface area (Å²) in [6.45, 7) is 9.86. The van der Waals surface area contributed by atoms with Crippen LogP contribution >= 0.6 is 0 Å². The van der Waals surface area contributed by atoms with Crippen LogP contribution in [0.1, 0.15) is 79.6 Å². The molecule has 0 radical (unpaired) electrons. The zero-order valence-electron chi connectivity index (χ0n) is 22.5. The highest BCUT2D eigenvalue weighted by Crippen LogP contribution is 2.28. The summed E-state index contributed by atoms with van der Waals surface area (Å²) < 4.78 is 6.90. The van der Waals surface area contributed by atoms with Gasteiger partial charge in [0.1, 0.15) is 11.6 Å². The Balaban J connectivity index is 2.13. The van der Waals surface area contributed by atoms with Crippen molar-refractivity contribution >= 4 is 17.9 Å². The number of carbonyl (C=O) groups excluding carboxylic acids is 3. The van der Waals surface area contributed by atoms with Gasteiger partial charge in [-0.2, -0.15) is 5.10 Å². The molecule has 1 aromatic heterocycles. The quantitative estimate of drug-likeness (QED) is 0.344. The highest BCUT2D eigenvalue weighted by molar-refractivity contribution is 5.86. The Labute approximate surface area is 214 Å². The average Bonchev–Trinajstić information content (AvgIpc) is 3.29. The molecule has 3 amide bonds. The summed E-state index contributed by atoms with van der Waals surface area (Å²) >= 11 is 0. The first-order valence-corrected chi connectivity index (χ1v) is 13.1. The Kier molecular flexibility index (Phi) is 11.7. The van der Waals surface area contributed by atoms with Crippen molar-refractivity contribution in [3.05, 3.63) is 18.5 Å². The lowest BCUT2D eigenvalue weighted by molar-refractivity contribution is -0.128. The molecule has 3 atom stereocenters. The van der Waals surface area contributed by atoms with Crippen molar-refractivity contribution in [3.63, 3.8) is 0 Å². The maximum Gasteiger partial charge on any atom is 0.408 e. The molecule has 0 unspecified atom stereocenters. The summed E-state index contributed by atoms with van der Waals surface area (Å²) in [5, 5.41) is 23.5. The Hall–Kier alpha value is -2.62. The maximum atomic E-state index is 13.4. The summed E-state index contributed by atoms with van der Waals surface area (Å²) in [5.41, 5.74) is -0.722. The molecule has 1 fully saturated rings. The minimum absolute atomic E-state index is 0.0964. The van der Waals surface area contributed by atoms with Gasteiger partial charge in [-0.25, -0.2) is 4.79 Å². The molecule has 0 bridgehead atoms. The van der Waals surface area contributed by atoms with Crippen LogP contribution in [0.2, 0.25) is 0 Å². The first-order chi connectivity index (χ1) is 16.9. The normalized spacial score (nSPS) is 17.2. The smallest absolute Gasteiger partial charge is 0.408 e. The van der Waals surface area contributed by atoms with E-state index in [0.717, 1.165) is 25.7 Å². The number of rotatable bonds is 12. The number of aliphatic hydroxyl groups is 1. The molecule has 0 saturated heterocycles. The van der Waals surface area contributed by atoms with Gasteiger partial charge in [-0.1, -0.05) is 46.0 Å². The van der Waals surface area contributed by atoms with Crippen molar-refractivity contribution in [2.75, 3.05) is 6.54 Å². The van der Waals surface area contributed by atoms with E-state index in [2.05, 4.69) is 21.0 Å². The van der Waals surface area contributed by atoms with Crippen LogP contribution in [0.4, 0.5) is 4.79 Å². The third-order valence-corrected chi connectivity index (χ3v) is 6.14. The molecule has 0 aliphatic heterocycles. The molecule has 2 rings (SSSR count). The molecular weight excluding hydrogens is 462 g/mol. The summed E-state index contributed by atoms with van der Waals surface area (Å²) in [7, 11) is 0. The summed E-state index contributed by atoms with van der Waals surface area (Å²) in [6.07, 6.45) is 7.51. The first kappa shape index (κ1) is 29.6. The lowest BCUT2D eigenvalue weighted by atomic mass is 9.83. The number of aromatic nitrogens is 2. The standard InChI is InChI=1S/C26H45N5O5/c1-18(2)16-27-23(33)15-22(32)20(14-19-10-7-6-8-11-19)29-24(34)21(17-31-13-9-12-28-31)30-25(35)36-26(3,4)5/h9,12-13,18-22,32H,6-8,10-11,14-17H2,1-5H3,(H,27,33)(H,29,34)(H,30,35)/t20-,21-,22-/m0/s1. The van der Waals surface area contributed by atoms with E-state index in [9.17, 15) is 19.5 Å². The molecule has 1 saturated carbocycles. The SMILES string of the molecule is CC(C)CNC(=O)C[C@H](O)[C@H](CC1CCCCC1)NC(=O)[C@H](Cn1cccn1)NC(=O)OC(C)(C)C. The molecule has 204 valence electrons. The molecule has 4 N–H and O–H groups in total. The van der Waals surface area contributed by atoms with Gasteiger partial charge in [0.05, 0.1) is 25.1 Å². The number of carbonyl (C=O) groups is 3. The van der Waals surface area contributed by atoms with E-state index in [1.54, 1.807) is 43.9 Å². The number of nitrogens with zero attached hydrogens (tertiary/aromatic N) is 2. The molecule has 36 heavy (non-hydrogen) atoms. The first-order valence-electron chi connectivity index (χ1n) is 13.1. The van der Waals surface area contributed by atoms with E-state index in [1.165, 1.54) is 6.42 Å². The third kappa shape index (κ3) is 11.4. The van der Waals surface area contributed by atoms with Crippen molar-refractivity contribution in [1.29, 1.82) is 0 Å². The summed E-state index contributed by atoms with van der Waals surface area (Å²) in [5.74, 6) is -0.0514.